The molecule has 112 valence electrons. The monoisotopic (exact) mass is 296 g/mol. The van der Waals surface area contributed by atoms with Crippen LogP contribution in [0.2, 0.25) is 0 Å². The van der Waals surface area contributed by atoms with E-state index in [1.165, 1.54) is 43.4 Å². The van der Waals surface area contributed by atoms with Crippen LogP contribution in [0.3, 0.4) is 0 Å². The molecule has 1 aliphatic heterocycles. The topological polar surface area (TPSA) is 53.4 Å². The molecule has 1 saturated heterocycles. The maximum atomic E-state index is 11.4. The first-order valence-electron chi connectivity index (χ1n) is 7.39. The molecule has 0 radical (unpaired) electrons. The molecular weight excluding hydrogens is 272 g/mol. The summed E-state index contributed by atoms with van der Waals surface area (Å²) in [7, 11) is 0. The average Bonchev–Trinajstić information content (AvgIpc) is 2.72. The quantitative estimate of drug-likeness (QED) is 0.899. The highest BCUT2D eigenvalue weighted by Gasteiger charge is 2.28. The first-order chi connectivity index (χ1) is 9.39. The van der Waals surface area contributed by atoms with Gasteiger partial charge in [-0.2, -0.15) is 0 Å². The van der Waals surface area contributed by atoms with Crippen molar-refractivity contribution in [3.8, 4) is 0 Å². The molecule has 1 aromatic rings. The van der Waals surface area contributed by atoms with Gasteiger partial charge in [0.05, 0.1) is 5.69 Å². The van der Waals surface area contributed by atoms with E-state index in [0.29, 0.717) is 10.6 Å². The molecule has 0 amide bonds. The summed E-state index contributed by atoms with van der Waals surface area (Å²) in [5, 5.41) is 10.3. The fraction of sp³-hybridized carbons (Fsp3) is 0.733. The van der Waals surface area contributed by atoms with Crippen molar-refractivity contribution < 1.29 is 9.90 Å². The Morgan fingerprint density at radius 2 is 1.70 bits per heavy atom. The van der Waals surface area contributed by atoms with Crippen LogP contribution in [-0.4, -0.2) is 29.1 Å². The minimum Gasteiger partial charge on any atom is -0.477 e. The Hall–Kier alpha value is -1.10. The van der Waals surface area contributed by atoms with E-state index in [-0.39, 0.29) is 5.41 Å². The number of rotatable bonds is 2. The number of aromatic carboxylic acids is 1. The molecule has 1 N–H and O–H groups in total. The summed E-state index contributed by atoms with van der Waals surface area (Å²) < 4.78 is 0. The van der Waals surface area contributed by atoms with Gasteiger partial charge in [0.1, 0.15) is 4.88 Å². The second-order valence-corrected chi connectivity index (χ2v) is 7.46. The van der Waals surface area contributed by atoms with Crippen molar-refractivity contribution in [2.45, 2.75) is 58.3 Å². The highest BCUT2D eigenvalue weighted by Crippen LogP contribution is 2.34. The molecule has 0 aromatic carbocycles. The lowest BCUT2D eigenvalue weighted by molar-refractivity contribution is 0.0699. The lowest BCUT2D eigenvalue weighted by Gasteiger charge is -2.24. The van der Waals surface area contributed by atoms with Crippen molar-refractivity contribution in [1.29, 1.82) is 0 Å². The van der Waals surface area contributed by atoms with E-state index in [4.69, 9.17) is 0 Å². The first kappa shape index (κ1) is 15.3. The predicted octanol–water partition coefficient (Wildman–Crippen LogP) is 3.91. The van der Waals surface area contributed by atoms with Crippen LogP contribution in [0.25, 0.3) is 0 Å². The summed E-state index contributed by atoms with van der Waals surface area (Å²) in [4.78, 5) is 18.8. The molecule has 0 aliphatic carbocycles. The van der Waals surface area contributed by atoms with Crippen molar-refractivity contribution >= 4 is 22.4 Å². The lowest BCUT2D eigenvalue weighted by atomic mass is 9.91. The molecule has 2 rings (SSSR count). The van der Waals surface area contributed by atoms with Gasteiger partial charge < -0.3 is 10.0 Å². The van der Waals surface area contributed by atoms with Crippen LogP contribution in [0.5, 0.6) is 0 Å². The fourth-order valence-electron chi connectivity index (χ4n) is 2.54. The summed E-state index contributed by atoms with van der Waals surface area (Å²) in [5.74, 6) is -0.856. The summed E-state index contributed by atoms with van der Waals surface area (Å²) in [6, 6.07) is 0. The number of aromatic nitrogens is 1. The Kier molecular flexibility index (Phi) is 4.68. The molecule has 5 heteroatoms. The number of carboxylic acid groups (broad SMARTS) is 1. The van der Waals surface area contributed by atoms with Crippen molar-refractivity contribution in [2.24, 2.45) is 0 Å². The molecule has 0 unspecified atom stereocenters. The zero-order valence-electron chi connectivity index (χ0n) is 12.6. The third-order valence-corrected chi connectivity index (χ3v) is 4.75. The first-order valence-corrected chi connectivity index (χ1v) is 8.21. The highest BCUT2D eigenvalue weighted by atomic mass is 32.1. The third-order valence-electron chi connectivity index (χ3n) is 3.65. The van der Waals surface area contributed by atoms with E-state index in [2.05, 4.69) is 9.88 Å². The summed E-state index contributed by atoms with van der Waals surface area (Å²) in [6.45, 7) is 8.05. The lowest BCUT2D eigenvalue weighted by Crippen LogP contribution is -2.27. The van der Waals surface area contributed by atoms with Crippen molar-refractivity contribution in [1.82, 2.24) is 4.98 Å². The van der Waals surface area contributed by atoms with Crippen LogP contribution in [0.1, 0.15) is 68.2 Å². The summed E-state index contributed by atoms with van der Waals surface area (Å²) >= 11 is 1.33. The zero-order valence-corrected chi connectivity index (χ0v) is 13.4. The second kappa shape index (κ2) is 6.12. The van der Waals surface area contributed by atoms with Crippen LogP contribution in [0.15, 0.2) is 0 Å². The van der Waals surface area contributed by atoms with Crippen LogP contribution < -0.4 is 4.90 Å². The van der Waals surface area contributed by atoms with E-state index in [9.17, 15) is 9.90 Å². The standard InChI is InChI=1S/C15H24N2O2S/c1-15(2,3)12-11(13(18)19)20-14(16-12)17-9-7-5-4-6-8-10-17/h4-10H2,1-3H3,(H,18,19). The highest BCUT2D eigenvalue weighted by molar-refractivity contribution is 7.17. The van der Waals surface area contributed by atoms with E-state index < -0.39 is 5.97 Å². The van der Waals surface area contributed by atoms with Crippen LogP contribution in [0.4, 0.5) is 5.13 Å². The maximum absolute atomic E-state index is 11.4. The van der Waals surface area contributed by atoms with Crippen molar-refractivity contribution in [3.63, 3.8) is 0 Å². The normalized spacial score (nSPS) is 17.6. The minimum atomic E-state index is -0.856. The number of thiazole rings is 1. The van der Waals surface area contributed by atoms with Gasteiger partial charge >= 0.3 is 5.97 Å². The van der Waals surface area contributed by atoms with Gasteiger partial charge in [0.25, 0.3) is 0 Å². The van der Waals surface area contributed by atoms with E-state index in [1.807, 2.05) is 20.8 Å². The predicted molar refractivity (Wildman–Crippen MR) is 83.1 cm³/mol. The van der Waals surface area contributed by atoms with Gasteiger partial charge in [0.15, 0.2) is 5.13 Å². The number of hydrogen-bond acceptors (Lipinski definition) is 4. The number of hydrogen-bond donors (Lipinski definition) is 1. The van der Waals surface area contributed by atoms with Gasteiger partial charge in [0, 0.05) is 18.5 Å². The second-order valence-electron chi connectivity index (χ2n) is 6.48. The molecule has 0 atom stereocenters. The average molecular weight is 296 g/mol. The Morgan fingerprint density at radius 3 is 2.15 bits per heavy atom. The molecule has 4 nitrogen and oxygen atoms in total. The van der Waals surface area contributed by atoms with Crippen molar-refractivity contribution in [3.05, 3.63) is 10.6 Å². The molecule has 0 spiro atoms. The minimum absolute atomic E-state index is 0.231. The Morgan fingerprint density at radius 1 is 1.15 bits per heavy atom. The molecule has 1 fully saturated rings. The van der Waals surface area contributed by atoms with E-state index in [1.54, 1.807) is 0 Å². The van der Waals surface area contributed by atoms with Crippen LogP contribution in [-0.2, 0) is 5.41 Å². The van der Waals surface area contributed by atoms with Gasteiger partial charge in [-0.1, -0.05) is 51.4 Å². The SMILES string of the molecule is CC(C)(C)c1nc(N2CCCCCCC2)sc1C(=O)O. The van der Waals surface area contributed by atoms with Gasteiger partial charge in [-0.15, -0.1) is 0 Å². The smallest absolute Gasteiger partial charge is 0.347 e. The number of carboxylic acids is 1. The van der Waals surface area contributed by atoms with Gasteiger partial charge in [-0.25, -0.2) is 9.78 Å². The summed E-state index contributed by atoms with van der Waals surface area (Å²) in [5.41, 5.74) is 0.484. The van der Waals surface area contributed by atoms with Gasteiger partial charge in [-0.3, -0.25) is 0 Å². The van der Waals surface area contributed by atoms with Gasteiger partial charge in [-0.05, 0) is 12.8 Å². The number of nitrogens with zero attached hydrogens (tertiary/aromatic N) is 2. The molecule has 2 heterocycles. The van der Waals surface area contributed by atoms with Crippen LogP contribution >= 0.6 is 11.3 Å². The molecular formula is C15H24N2O2S. The zero-order chi connectivity index (χ0) is 14.8. The van der Waals surface area contributed by atoms with Crippen LogP contribution in [0, 0.1) is 0 Å². The number of anilines is 1. The summed E-state index contributed by atoms with van der Waals surface area (Å²) in [6.07, 6.45) is 6.19. The van der Waals surface area contributed by atoms with Gasteiger partial charge in [0.2, 0.25) is 0 Å². The third kappa shape index (κ3) is 3.51. The fourth-order valence-corrected chi connectivity index (χ4v) is 3.70. The largest absolute Gasteiger partial charge is 0.477 e. The Labute approximate surface area is 124 Å². The maximum Gasteiger partial charge on any atom is 0.347 e. The van der Waals surface area contributed by atoms with E-state index in [0.717, 1.165) is 18.2 Å². The number of carbonyl (C=O) groups is 1. The molecule has 1 aliphatic rings. The van der Waals surface area contributed by atoms with E-state index >= 15 is 0 Å². The molecule has 0 saturated carbocycles. The van der Waals surface area contributed by atoms with Crippen molar-refractivity contribution in [2.75, 3.05) is 18.0 Å². The molecule has 0 bridgehead atoms. The Bertz CT molecular complexity index is 469. The molecule has 20 heavy (non-hydrogen) atoms. The Balaban J connectivity index is 2.29. The molecule has 1 aromatic heterocycles.